The average molecular weight is 201 g/mol. The van der Waals surface area contributed by atoms with Crippen LogP contribution in [0.3, 0.4) is 0 Å². The molecule has 2 aliphatic rings. The third kappa shape index (κ3) is 3.15. The number of rotatable bonds is 4. The second-order valence-electron chi connectivity index (χ2n) is 3.97. The van der Waals surface area contributed by atoms with Gasteiger partial charge in [0.1, 0.15) is 0 Å². The van der Waals surface area contributed by atoms with Crippen molar-refractivity contribution >= 4 is 11.8 Å². The van der Waals surface area contributed by atoms with Crippen LogP contribution in [0, 0.1) is 0 Å². The Labute approximate surface area is 84.8 Å². The van der Waals surface area contributed by atoms with Gasteiger partial charge in [-0.15, -0.1) is 0 Å². The molecule has 0 radical (unpaired) electrons. The van der Waals surface area contributed by atoms with Crippen LogP contribution in [0.2, 0.25) is 0 Å². The van der Waals surface area contributed by atoms with Crippen LogP contribution in [-0.4, -0.2) is 36.8 Å². The monoisotopic (exact) mass is 201 g/mol. The molecule has 2 heterocycles. The lowest BCUT2D eigenvalue weighted by Gasteiger charge is -2.12. The molecular weight excluding hydrogens is 182 g/mol. The normalized spacial score (nSPS) is 34.2. The van der Waals surface area contributed by atoms with Gasteiger partial charge >= 0.3 is 0 Å². The minimum Gasteiger partial charge on any atom is -0.377 e. The maximum Gasteiger partial charge on any atom is 0.0666 e. The molecule has 0 aromatic rings. The highest BCUT2D eigenvalue weighted by atomic mass is 32.2. The number of ether oxygens (including phenoxy) is 1. The molecule has 2 aliphatic heterocycles. The fraction of sp³-hybridized carbons (Fsp3) is 1.00. The Hall–Kier alpha value is 0.270. The van der Waals surface area contributed by atoms with Crippen LogP contribution in [0.4, 0.5) is 0 Å². The van der Waals surface area contributed by atoms with E-state index >= 15 is 0 Å². The highest BCUT2D eigenvalue weighted by Crippen LogP contribution is 2.19. The Kier molecular flexibility index (Phi) is 3.94. The van der Waals surface area contributed by atoms with E-state index < -0.39 is 0 Å². The quantitative estimate of drug-likeness (QED) is 0.747. The van der Waals surface area contributed by atoms with Crippen LogP contribution in [-0.2, 0) is 4.74 Å². The first-order valence-corrected chi connectivity index (χ1v) is 6.53. The number of hydrogen-bond acceptors (Lipinski definition) is 3. The molecular formula is C10H19NOS. The van der Waals surface area contributed by atoms with Crippen molar-refractivity contribution in [3.63, 3.8) is 0 Å². The van der Waals surface area contributed by atoms with Crippen molar-refractivity contribution in [1.29, 1.82) is 0 Å². The van der Waals surface area contributed by atoms with Gasteiger partial charge in [-0.1, -0.05) is 0 Å². The maximum absolute atomic E-state index is 5.58. The fourth-order valence-corrected chi connectivity index (χ4v) is 3.25. The molecule has 2 nitrogen and oxygen atoms in total. The zero-order chi connectivity index (χ0) is 8.93. The Balaban J connectivity index is 1.52. The van der Waals surface area contributed by atoms with Crippen molar-refractivity contribution in [2.45, 2.75) is 37.8 Å². The van der Waals surface area contributed by atoms with Gasteiger partial charge in [0.2, 0.25) is 0 Å². The molecule has 2 rings (SSSR count). The zero-order valence-electron chi connectivity index (χ0n) is 8.13. The van der Waals surface area contributed by atoms with E-state index in [4.69, 9.17) is 4.74 Å². The van der Waals surface area contributed by atoms with Crippen molar-refractivity contribution in [2.24, 2.45) is 0 Å². The Morgan fingerprint density at radius 2 is 2.23 bits per heavy atom. The van der Waals surface area contributed by atoms with Gasteiger partial charge in [0.05, 0.1) is 6.10 Å². The first-order valence-electron chi connectivity index (χ1n) is 5.38. The standard InChI is InChI=1S/C10H19NOS/c1-3-9(11-5-1)7-13-8-10-4-2-6-12-10/h9-11H,1-8H2. The van der Waals surface area contributed by atoms with Crippen LogP contribution in [0.1, 0.15) is 25.7 Å². The van der Waals surface area contributed by atoms with Crippen molar-refractivity contribution in [3.8, 4) is 0 Å². The van der Waals surface area contributed by atoms with E-state index in [0.29, 0.717) is 6.10 Å². The van der Waals surface area contributed by atoms with E-state index in [1.807, 2.05) is 0 Å². The van der Waals surface area contributed by atoms with Crippen molar-refractivity contribution in [1.82, 2.24) is 5.32 Å². The lowest BCUT2D eigenvalue weighted by molar-refractivity contribution is 0.129. The predicted octanol–water partition coefficient (Wildman–Crippen LogP) is 1.65. The smallest absolute Gasteiger partial charge is 0.0666 e. The third-order valence-electron chi connectivity index (χ3n) is 2.81. The molecule has 76 valence electrons. The predicted molar refractivity (Wildman–Crippen MR) is 57.3 cm³/mol. The summed E-state index contributed by atoms with van der Waals surface area (Å²) in [6.45, 7) is 2.22. The number of hydrogen-bond donors (Lipinski definition) is 1. The van der Waals surface area contributed by atoms with Crippen LogP contribution < -0.4 is 5.32 Å². The van der Waals surface area contributed by atoms with Gasteiger partial charge in [-0.2, -0.15) is 11.8 Å². The minimum atomic E-state index is 0.561. The summed E-state index contributed by atoms with van der Waals surface area (Å²) < 4.78 is 5.58. The van der Waals surface area contributed by atoms with Crippen LogP contribution >= 0.6 is 11.8 Å². The number of thioether (sulfide) groups is 1. The average Bonchev–Trinajstić information content (AvgIpc) is 2.75. The van der Waals surface area contributed by atoms with Crippen molar-refractivity contribution in [3.05, 3.63) is 0 Å². The molecule has 2 saturated heterocycles. The summed E-state index contributed by atoms with van der Waals surface area (Å²) in [5.74, 6) is 2.48. The summed E-state index contributed by atoms with van der Waals surface area (Å²) in [4.78, 5) is 0. The van der Waals surface area contributed by atoms with Gasteiger partial charge in [0.15, 0.2) is 0 Å². The van der Waals surface area contributed by atoms with E-state index in [1.54, 1.807) is 0 Å². The molecule has 13 heavy (non-hydrogen) atoms. The molecule has 1 N–H and O–H groups in total. The largest absolute Gasteiger partial charge is 0.377 e. The second kappa shape index (κ2) is 5.23. The second-order valence-corrected chi connectivity index (χ2v) is 5.04. The molecule has 3 heteroatoms. The summed E-state index contributed by atoms with van der Waals surface area (Å²) >= 11 is 2.06. The Morgan fingerprint density at radius 1 is 1.23 bits per heavy atom. The lowest BCUT2D eigenvalue weighted by Crippen LogP contribution is -2.24. The lowest BCUT2D eigenvalue weighted by atomic mass is 10.3. The van der Waals surface area contributed by atoms with Gasteiger partial charge in [-0.25, -0.2) is 0 Å². The van der Waals surface area contributed by atoms with Gasteiger partial charge in [-0.05, 0) is 32.2 Å². The van der Waals surface area contributed by atoms with Crippen molar-refractivity contribution < 1.29 is 4.74 Å². The summed E-state index contributed by atoms with van der Waals surface area (Å²) in [5, 5.41) is 3.52. The van der Waals surface area contributed by atoms with E-state index in [-0.39, 0.29) is 0 Å². The zero-order valence-corrected chi connectivity index (χ0v) is 8.94. The summed E-state index contributed by atoms with van der Waals surface area (Å²) in [5.41, 5.74) is 0. The van der Waals surface area contributed by atoms with Gasteiger partial charge < -0.3 is 10.1 Å². The Morgan fingerprint density at radius 3 is 2.92 bits per heavy atom. The van der Waals surface area contributed by atoms with Gasteiger partial charge in [0, 0.05) is 24.2 Å². The first kappa shape index (κ1) is 9.81. The van der Waals surface area contributed by atoms with Crippen LogP contribution in [0.15, 0.2) is 0 Å². The highest BCUT2D eigenvalue weighted by Gasteiger charge is 2.17. The first-order chi connectivity index (χ1) is 6.45. The molecule has 0 aromatic heterocycles. The van der Waals surface area contributed by atoms with Gasteiger partial charge in [0.25, 0.3) is 0 Å². The van der Waals surface area contributed by atoms with E-state index in [1.165, 1.54) is 43.7 Å². The summed E-state index contributed by atoms with van der Waals surface area (Å²) in [7, 11) is 0. The summed E-state index contributed by atoms with van der Waals surface area (Å²) in [6.07, 6.45) is 5.85. The van der Waals surface area contributed by atoms with Crippen LogP contribution in [0.25, 0.3) is 0 Å². The van der Waals surface area contributed by atoms with Crippen molar-refractivity contribution in [2.75, 3.05) is 24.7 Å². The Bertz CT molecular complexity index is 126. The van der Waals surface area contributed by atoms with Gasteiger partial charge in [-0.3, -0.25) is 0 Å². The summed E-state index contributed by atoms with van der Waals surface area (Å²) in [6, 6.07) is 0.784. The molecule has 2 unspecified atom stereocenters. The fourth-order valence-electron chi connectivity index (χ4n) is 2.02. The maximum atomic E-state index is 5.58. The molecule has 0 aliphatic carbocycles. The number of nitrogens with one attached hydrogen (secondary N) is 1. The molecule has 0 spiro atoms. The minimum absolute atomic E-state index is 0.561. The third-order valence-corrected chi connectivity index (χ3v) is 4.05. The van der Waals surface area contributed by atoms with Crippen LogP contribution in [0.5, 0.6) is 0 Å². The SMILES string of the molecule is C1CNC(CSCC2CCCO2)C1. The molecule has 0 amide bonds. The molecule has 0 bridgehead atoms. The van der Waals surface area contributed by atoms with E-state index in [2.05, 4.69) is 17.1 Å². The molecule has 0 aromatic carbocycles. The van der Waals surface area contributed by atoms with E-state index in [9.17, 15) is 0 Å². The highest BCUT2D eigenvalue weighted by molar-refractivity contribution is 7.99. The molecule has 0 saturated carbocycles. The topological polar surface area (TPSA) is 21.3 Å². The van der Waals surface area contributed by atoms with E-state index in [0.717, 1.165) is 12.6 Å². The molecule has 2 fully saturated rings. The molecule has 2 atom stereocenters.